The van der Waals surface area contributed by atoms with Crippen molar-refractivity contribution < 1.29 is 22.3 Å². The van der Waals surface area contributed by atoms with Crippen molar-refractivity contribution >= 4 is 29.9 Å². The molecule has 5 nitrogen and oxygen atoms in total. The number of para-hydroxylation sites is 1. The number of alkyl halides is 3. The highest BCUT2D eigenvalue weighted by Crippen LogP contribution is 2.25. The van der Waals surface area contributed by atoms with Crippen molar-refractivity contribution in [1.82, 2.24) is 10.6 Å². The summed E-state index contributed by atoms with van der Waals surface area (Å²) in [6.45, 7) is 0.723. The van der Waals surface area contributed by atoms with Gasteiger partial charge < -0.3 is 19.8 Å². The minimum Gasteiger partial charge on any atom is -0.469 e. The Hall–Kier alpha value is -1.91. The smallest absolute Gasteiger partial charge is 0.469 e. The predicted octanol–water partition coefficient (Wildman–Crippen LogP) is 3.70. The first kappa shape index (κ1) is 21.1. The maximum Gasteiger partial charge on any atom is 0.573 e. The van der Waals surface area contributed by atoms with Crippen LogP contribution in [0.1, 0.15) is 11.3 Å². The molecule has 0 fully saturated rings. The van der Waals surface area contributed by atoms with E-state index in [-0.39, 0.29) is 36.3 Å². The Morgan fingerprint density at radius 2 is 1.92 bits per heavy atom. The van der Waals surface area contributed by atoms with Crippen molar-refractivity contribution in [1.29, 1.82) is 0 Å². The molecule has 2 aromatic rings. The Morgan fingerprint density at radius 1 is 1.16 bits per heavy atom. The molecule has 1 aromatic heterocycles. The zero-order valence-corrected chi connectivity index (χ0v) is 15.8. The molecular weight excluding hydrogens is 450 g/mol. The van der Waals surface area contributed by atoms with Gasteiger partial charge in [-0.15, -0.1) is 37.1 Å². The number of guanidine groups is 1. The molecule has 0 bridgehead atoms. The van der Waals surface area contributed by atoms with Gasteiger partial charge in [0, 0.05) is 32.1 Å². The molecule has 0 radical (unpaired) electrons. The lowest BCUT2D eigenvalue weighted by Gasteiger charge is -2.15. The number of nitrogens with one attached hydrogen (secondary N) is 2. The largest absolute Gasteiger partial charge is 0.573 e. The number of furan rings is 1. The van der Waals surface area contributed by atoms with Crippen molar-refractivity contribution in [3.63, 3.8) is 0 Å². The third-order valence-corrected chi connectivity index (χ3v) is 3.11. The fourth-order valence-corrected chi connectivity index (χ4v) is 2.03. The molecule has 138 valence electrons. The summed E-state index contributed by atoms with van der Waals surface area (Å²) in [6.07, 6.45) is -2.46. The highest BCUT2D eigenvalue weighted by molar-refractivity contribution is 14.0. The summed E-state index contributed by atoms with van der Waals surface area (Å²) in [5.41, 5.74) is 0.379. The van der Waals surface area contributed by atoms with Crippen LogP contribution >= 0.6 is 24.0 Å². The SMILES string of the molecule is CN=C(NCCc1ccco1)NCc1ccccc1OC(F)(F)F.I. The van der Waals surface area contributed by atoms with Gasteiger partial charge in [0.05, 0.1) is 6.26 Å². The van der Waals surface area contributed by atoms with Gasteiger partial charge in [-0.05, 0) is 18.2 Å². The summed E-state index contributed by atoms with van der Waals surface area (Å²) < 4.78 is 46.4. The van der Waals surface area contributed by atoms with Gasteiger partial charge in [-0.2, -0.15) is 0 Å². The molecule has 0 saturated carbocycles. The molecule has 0 saturated heterocycles. The van der Waals surface area contributed by atoms with Crippen molar-refractivity contribution in [2.24, 2.45) is 4.99 Å². The Kier molecular flexibility index (Phi) is 8.59. The van der Waals surface area contributed by atoms with Crippen LogP contribution in [0.2, 0.25) is 0 Å². The zero-order chi connectivity index (χ0) is 17.4. The average Bonchev–Trinajstić information content (AvgIpc) is 3.04. The molecule has 25 heavy (non-hydrogen) atoms. The van der Waals surface area contributed by atoms with Gasteiger partial charge in [0.2, 0.25) is 0 Å². The van der Waals surface area contributed by atoms with E-state index >= 15 is 0 Å². The van der Waals surface area contributed by atoms with E-state index in [2.05, 4.69) is 20.4 Å². The number of aliphatic imine (C=N–C) groups is 1. The molecule has 0 aliphatic carbocycles. The van der Waals surface area contributed by atoms with E-state index < -0.39 is 6.36 Å². The van der Waals surface area contributed by atoms with E-state index in [1.54, 1.807) is 31.5 Å². The number of halogens is 4. The van der Waals surface area contributed by atoms with Crippen LogP contribution in [0.25, 0.3) is 0 Å². The standard InChI is InChI=1S/C16H18F3N3O2.HI/c1-20-15(21-9-8-13-6-4-10-23-13)22-11-12-5-2-3-7-14(12)24-16(17,18)19;/h2-7,10H,8-9,11H2,1H3,(H2,20,21,22);1H. The van der Waals surface area contributed by atoms with Gasteiger partial charge in [-0.1, -0.05) is 18.2 Å². The van der Waals surface area contributed by atoms with Crippen LogP contribution in [0, 0.1) is 0 Å². The summed E-state index contributed by atoms with van der Waals surface area (Å²) in [5, 5.41) is 6.01. The van der Waals surface area contributed by atoms with Crippen LogP contribution in [0.5, 0.6) is 5.75 Å². The Bertz CT molecular complexity index is 661. The molecule has 0 aliphatic rings. The van der Waals surface area contributed by atoms with Crippen LogP contribution in [0.15, 0.2) is 52.1 Å². The first-order valence-electron chi connectivity index (χ1n) is 7.28. The molecule has 9 heteroatoms. The van der Waals surface area contributed by atoms with Gasteiger partial charge in [0.15, 0.2) is 5.96 Å². The minimum absolute atomic E-state index is 0. The van der Waals surface area contributed by atoms with Gasteiger partial charge in [-0.3, -0.25) is 4.99 Å². The summed E-state index contributed by atoms with van der Waals surface area (Å²) in [6, 6.07) is 9.64. The van der Waals surface area contributed by atoms with Gasteiger partial charge in [0.25, 0.3) is 0 Å². The van der Waals surface area contributed by atoms with E-state index in [0.717, 1.165) is 5.76 Å². The molecule has 0 aliphatic heterocycles. The van der Waals surface area contributed by atoms with Crippen molar-refractivity contribution in [3.8, 4) is 5.75 Å². The van der Waals surface area contributed by atoms with Crippen molar-refractivity contribution in [2.75, 3.05) is 13.6 Å². The second-order valence-corrected chi connectivity index (χ2v) is 4.84. The van der Waals surface area contributed by atoms with E-state index in [9.17, 15) is 13.2 Å². The van der Waals surface area contributed by atoms with E-state index in [4.69, 9.17) is 4.42 Å². The first-order valence-corrected chi connectivity index (χ1v) is 7.28. The highest BCUT2D eigenvalue weighted by atomic mass is 127. The van der Waals surface area contributed by atoms with Crippen LogP contribution < -0.4 is 15.4 Å². The third kappa shape index (κ3) is 7.67. The van der Waals surface area contributed by atoms with Crippen LogP contribution in [0.4, 0.5) is 13.2 Å². The quantitative estimate of drug-likeness (QED) is 0.385. The summed E-state index contributed by atoms with van der Waals surface area (Å²) in [7, 11) is 1.58. The number of benzene rings is 1. The molecule has 1 aromatic carbocycles. The lowest BCUT2D eigenvalue weighted by Crippen LogP contribution is -2.38. The van der Waals surface area contributed by atoms with Gasteiger partial charge in [0.1, 0.15) is 11.5 Å². The third-order valence-electron chi connectivity index (χ3n) is 3.11. The van der Waals surface area contributed by atoms with E-state index in [0.29, 0.717) is 24.5 Å². The monoisotopic (exact) mass is 469 g/mol. The maximum atomic E-state index is 12.4. The normalized spacial score (nSPS) is 11.6. The fourth-order valence-electron chi connectivity index (χ4n) is 2.03. The lowest BCUT2D eigenvalue weighted by molar-refractivity contribution is -0.274. The van der Waals surface area contributed by atoms with Gasteiger partial charge >= 0.3 is 6.36 Å². The highest BCUT2D eigenvalue weighted by Gasteiger charge is 2.31. The lowest BCUT2D eigenvalue weighted by atomic mass is 10.2. The molecule has 1 heterocycles. The van der Waals surface area contributed by atoms with Crippen LogP contribution in [-0.4, -0.2) is 25.9 Å². The Morgan fingerprint density at radius 3 is 2.56 bits per heavy atom. The Balaban J connectivity index is 0.00000312. The van der Waals surface area contributed by atoms with Crippen LogP contribution in [0.3, 0.4) is 0 Å². The molecule has 2 rings (SSSR count). The zero-order valence-electron chi connectivity index (χ0n) is 13.5. The number of ether oxygens (including phenoxy) is 1. The summed E-state index contributed by atoms with van der Waals surface area (Å²) in [5.74, 6) is 1.08. The van der Waals surface area contributed by atoms with Crippen LogP contribution in [-0.2, 0) is 13.0 Å². The topological polar surface area (TPSA) is 58.8 Å². The maximum absolute atomic E-state index is 12.4. The summed E-state index contributed by atoms with van der Waals surface area (Å²) >= 11 is 0. The number of rotatable bonds is 6. The second kappa shape index (κ2) is 10.2. The first-order chi connectivity index (χ1) is 11.5. The van der Waals surface area contributed by atoms with E-state index in [1.807, 2.05) is 6.07 Å². The fraction of sp³-hybridized carbons (Fsp3) is 0.312. The predicted molar refractivity (Wildman–Crippen MR) is 99.2 cm³/mol. The molecule has 0 atom stereocenters. The molecular formula is C16H19F3IN3O2. The second-order valence-electron chi connectivity index (χ2n) is 4.84. The van der Waals surface area contributed by atoms with Gasteiger partial charge in [-0.25, -0.2) is 0 Å². The molecule has 2 N–H and O–H groups in total. The number of hydrogen-bond acceptors (Lipinski definition) is 3. The van der Waals surface area contributed by atoms with Crippen molar-refractivity contribution in [2.45, 2.75) is 19.3 Å². The average molecular weight is 469 g/mol. The Labute approximate surface area is 160 Å². The summed E-state index contributed by atoms with van der Waals surface area (Å²) in [4.78, 5) is 4.03. The minimum atomic E-state index is -4.72. The van der Waals surface area contributed by atoms with Crippen molar-refractivity contribution in [3.05, 3.63) is 54.0 Å². The molecule has 0 amide bonds. The number of hydrogen-bond donors (Lipinski definition) is 2. The van der Waals surface area contributed by atoms with E-state index in [1.165, 1.54) is 12.1 Å². The number of nitrogens with zero attached hydrogens (tertiary/aromatic N) is 1. The molecule has 0 unspecified atom stereocenters. The molecule has 0 spiro atoms.